The molecule has 21 heavy (non-hydrogen) atoms. The number of pyridine rings is 1. The normalized spacial score (nSPS) is 11.7. The molecule has 0 unspecified atom stereocenters. The van der Waals surface area contributed by atoms with Crippen LogP contribution in [0.15, 0.2) is 53.9 Å². The second-order valence-electron chi connectivity index (χ2n) is 4.98. The molecule has 1 aromatic carbocycles. The fourth-order valence-corrected chi connectivity index (χ4v) is 1.74. The van der Waals surface area contributed by atoms with Gasteiger partial charge in [0.25, 0.3) is 0 Å². The first kappa shape index (κ1) is 15.1. The third kappa shape index (κ3) is 4.65. The highest BCUT2D eigenvalue weighted by Crippen LogP contribution is 2.11. The average molecular weight is 288 g/mol. The SMILES string of the molecule is C[NH+](C)CCO/N=C(/c1ccc(F)cc1)c1cccnc1. The second-order valence-corrected chi connectivity index (χ2v) is 4.98. The van der Waals surface area contributed by atoms with E-state index in [4.69, 9.17) is 4.84 Å². The van der Waals surface area contributed by atoms with Crippen molar-refractivity contribution in [3.05, 3.63) is 65.7 Å². The fraction of sp³-hybridized carbons (Fsp3) is 0.250. The molecule has 0 radical (unpaired) electrons. The first-order valence-electron chi connectivity index (χ1n) is 6.82. The number of rotatable bonds is 6. The van der Waals surface area contributed by atoms with Crippen molar-refractivity contribution >= 4 is 5.71 Å². The maximum atomic E-state index is 13.1. The summed E-state index contributed by atoms with van der Waals surface area (Å²) in [5.41, 5.74) is 2.28. The third-order valence-corrected chi connectivity index (χ3v) is 2.90. The molecule has 110 valence electrons. The van der Waals surface area contributed by atoms with Crippen molar-refractivity contribution in [2.24, 2.45) is 5.16 Å². The molecule has 0 amide bonds. The minimum Gasteiger partial charge on any atom is -0.389 e. The molecule has 0 fully saturated rings. The van der Waals surface area contributed by atoms with Crippen LogP contribution in [-0.4, -0.2) is 37.9 Å². The van der Waals surface area contributed by atoms with Crippen LogP contribution in [0.3, 0.4) is 0 Å². The highest BCUT2D eigenvalue weighted by atomic mass is 19.1. The van der Waals surface area contributed by atoms with Gasteiger partial charge in [-0.1, -0.05) is 5.16 Å². The lowest BCUT2D eigenvalue weighted by Gasteiger charge is -2.08. The van der Waals surface area contributed by atoms with E-state index in [0.717, 1.165) is 17.7 Å². The molecule has 0 atom stereocenters. The number of hydrogen-bond donors (Lipinski definition) is 1. The van der Waals surface area contributed by atoms with E-state index in [0.29, 0.717) is 12.3 Å². The van der Waals surface area contributed by atoms with Crippen LogP contribution in [0.5, 0.6) is 0 Å². The number of halogens is 1. The highest BCUT2D eigenvalue weighted by molar-refractivity contribution is 6.12. The van der Waals surface area contributed by atoms with Crippen LogP contribution in [-0.2, 0) is 4.84 Å². The first-order valence-corrected chi connectivity index (χ1v) is 6.82. The van der Waals surface area contributed by atoms with E-state index in [9.17, 15) is 4.39 Å². The molecule has 0 aliphatic heterocycles. The van der Waals surface area contributed by atoms with Crippen molar-refractivity contribution in [1.29, 1.82) is 0 Å². The summed E-state index contributed by atoms with van der Waals surface area (Å²) in [5.74, 6) is -0.276. The number of quaternary nitrogens is 1. The van der Waals surface area contributed by atoms with Gasteiger partial charge in [-0.3, -0.25) is 4.98 Å². The lowest BCUT2D eigenvalue weighted by Crippen LogP contribution is -3.06. The number of hydrogen-bond acceptors (Lipinski definition) is 3. The molecule has 0 aliphatic carbocycles. The number of likely N-dealkylation sites (N-methyl/N-ethyl adjacent to an activating group) is 1. The van der Waals surface area contributed by atoms with Gasteiger partial charge in [0, 0.05) is 23.5 Å². The second kappa shape index (κ2) is 7.50. The fourth-order valence-electron chi connectivity index (χ4n) is 1.74. The maximum Gasteiger partial charge on any atom is 0.165 e. The van der Waals surface area contributed by atoms with E-state index in [1.54, 1.807) is 24.5 Å². The van der Waals surface area contributed by atoms with Crippen molar-refractivity contribution in [3.63, 3.8) is 0 Å². The number of nitrogens with one attached hydrogen (secondary N) is 1. The molecule has 1 aromatic heterocycles. The smallest absolute Gasteiger partial charge is 0.165 e. The number of aromatic nitrogens is 1. The summed E-state index contributed by atoms with van der Waals surface area (Å²) in [4.78, 5) is 10.8. The van der Waals surface area contributed by atoms with Crippen molar-refractivity contribution in [2.45, 2.75) is 0 Å². The molecule has 0 aliphatic rings. The summed E-state index contributed by atoms with van der Waals surface area (Å²) in [6, 6.07) is 9.91. The summed E-state index contributed by atoms with van der Waals surface area (Å²) in [5, 5.41) is 4.21. The Balaban J connectivity index is 2.22. The minimum atomic E-state index is -0.276. The van der Waals surface area contributed by atoms with Crippen LogP contribution in [0, 0.1) is 5.82 Å². The Morgan fingerprint density at radius 2 is 1.95 bits per heavy atom. The monoisotopic (exact) mass is 288 g/mol. The molecule has 4 nitrogen and oxygen atoms in total. The zero-order chi connectivity index (χ0) is 15.1. The largest absolute Gasteiger partial charge is 0.389 e. The molecule has 1 N–H and O–H groups in total. The highest BCUT2D eigenvalue weighted by Gasteiger charge is 2.08. The van der Waals surface area contributed by atoms with E-state index in [1.807, 2.05) is 12.1 Å². The molecule has 0 spiro atoms. The lowest BCUT2D eigenvalue weighted by molar-refractivity contribution is -0.858. The molecule has 2 aromatic rings. The van der Waals surface area contributed by atoms with E-state index in [-0.39, 0.29) is 5.82 Å². The van der Waals surface area contributed by atoms with E-state index in [2.05, 4.69) is 24.2 Å². The number of oxime groups is 1. The predicted molar refractivity (Wildman–Crippen MR) is 79.9 cm³/mol. The van der Waals surface area contributed by atoms with Gasteiger partial charge in [0.1, 0.15) is 18.1 Å². The predicted octanol–water partition coefficient (Wildman–Crippen LogP) is 1.13. The summed E-state index contributed by atoms with van der Waals surface area (Å²) in [7, 11) is 4.10. The Kier molecular flexibility index (Phi) is 5.40. The zero-order valence-electron chi connectivity index (χ0n) is 12.2. The Labute approximate surface area is 123 Å². The number of benzene rings is 1. The summed E-state index contributed by atoms with van der Waals surface area (Å²) in [6.45, 7) is 1.38. The molecule has 0 bridgehead atoms. The van der Waals surface area contributed by atoms with E-state index < -0.39 is 0 Å². The van der Waals surface area contributed by atoms with Crippen molar-refractivity contribution in [1.82, 2.24) is 4.98 Å². The van der Waals surface area contributed by atoms with Crippen LogP contribution >= 0.6 is 0 Å². The van der Waals surface area contributed by atoms with Crippen molar-refractivity contribution < 1.29 is 14.1 Å². The van der Waals surface area contributed by atoms with E-state index in [1.165, 1.54) is 17.0 Å². The minimum absolute atomic E-state index is 0.276. The van der Waals surface area contributed by atoms with Crippen LogP contribution in [0.25, 0.3) is 0 Å². The summed E-state index contributed by atoms with van der Waals surface area (Å²) in [6.07, 6.45) is 3.41. The van der Waals surface area contributed by atoms with Crippen LogP contribution in [0.1, 0.15) is 11.1 Å². The average Bonchev–Trinajstić information content (AvgIpc) is 2.49. The summed E-state index contributed by atoms with van der Waals surface area (Å²) < 4.78 is 13.1. The molecular weight excluding hydrogens is 269 g/mol. The van der Waals surface area contributed by atoms with Crippen LogP contribution < -0.4 is 4.90 Å². The molecule has 0 saturated heterocycles. The number of nitrogens with zero attached hydrogens (tertiary/aromatic N) is 2. The van der Waals surface area contributed by atoms with Crippen molar-refractivity contribution in [3.8, 4) is 0 Å². The lowest BCUT2D eigenvalue weighted by atomic mass is 10.0. The van der Waals surface area contributed by atoms with Gasteiger partial charge in [-0.05, 0) is 36.4 Å². The topological polar surface area (TPSA) is 38.9 Å². The van der Waals surface area contributed by atoms with Gasteiger partial charge >= 0.3 is 0 Å². The van der Waals surface area contributed by atoms with Crippen LogP contribution in [0.4, 0.5) is 4.39 Å². The quantitative estimate of drug-likeness (QED) is 0.492. The van der Waals surface area contributed by atoms with E-state index >= 15 is 0 Å². The van der Waals surface area contributed by atoms with Gasteiger partial charge in [0.05, 0.1) is 14.1 Å². The summed E-state index contributed by atoms with van der Waals surface area (Å²) >= 11 is 0. The third-order valence-electron chi connectivity index (χ3n) is 2.90. The van der Waals surface area contributed by atoms with Gasteiger partial charge in [0.15, 0.2) is 6.61 Å². The first-order chi connectivity index (χ1) is 10.2. The molecule has 2 rings (SSSR count). The molecule has 5 heteroatoms. The Morgan fingerprint density at radius 1 is 1.19 bits per heavy atom. The Morgan fingerprint density at radius 3 is 2.57 bits per heavy atom. The Bertz CT molecular complexity index is 582. The standard InChI is InChI=1S/C16H18FN3O/c1-20(2)10-11-21-19-16(14-4-3-9-18-12-14)13-5-7-15(17)8-6-13/h3-9,12H,10-11H2,1-2H3/p+1/b19-16-. The molecular formula is C16H19FN3O+. The Hall–Kier alpha value is -2.27. The van der Waals surface area contributed by atoms with Gasteiger partial charge < -0.3 is 9.74 Å². The molecule has 0 saturated carbocycles. The van der Waals surface area contributed by atoms with Gasteiger partial charge in [-0.2, -0.15) is 0 Å². The zero-order valence-corrected chi connectivity index (χ0v) is 12.2. The van der Waals surface area contributed by atoms with Gasteiger partial charge in [-0.15, -0.1) is 0 Å². The van der Waals surface area contributed by atoms with Gasteiger partial charge in [0.2, 0.25) is 0 Å². The van der Waals surface area contributed by atoms with Crippen LogP contribution in [0.2, 0.25) is 0 Å². The van der Waals surface area contributed by atoms with Gasteiger partial charge in [-0.25, -0.2) is 4.39 Å². The van der Waals surface area contributed by atoms with Crippen molar-refractivity contribution in [2.75, 3.05) is 27.2 Å². The maximum absolute atomic E-state index is 13.1. The molecule has 1 heterocycles.